The summed E-state index contributed by atoms with van der Waals surface area (Å²) in [5, 5.41) is 1.05. The van der Waals surface area contributed by atoms with Crippen LogP contribution in [0.1, 0.15) is 110 Å². The molecule has 0 saturated heterocycles. The quantitative estimate of drug-likeness (QED) is 0.0425. The van der Waals surface area contributed by atoms with Crippen LogP contribution < -0.4 is 0 Å². The average molecular weight is 518 g/mol. The zero-order valence-electron chi connectivity index (χ0n) is 20.8. The van der Waals surface area contributed by atoms with Crippen molar-refractivity contribution >= 4 is 21.9 Å². The van der Waals surface area contributed by atoms with E-state index in [1.165, 1.54) is 12.8 Å². The second-order valence-electron chi connectivity index (χ2n) is 8.14. The van der Waals surface area contributed by atoms with E-state index in [1.807, 2.05) is 0 Å². The highest BCUT2D eigenvalue weighted by Crippen LogP contribution is 2.11. The fraction of sp³-hybridized carbons (Fsp3) is 0.815. The van der Waals surface area contributed by atoms with E-state index < -0.39 is 0 Å². The first-order chi connectivity index (χ1) is 15.7. The van der Waals surface area contributed by atoms with Gasteiger partial charge >= 0.3 is 5.97 Å². The van der Waals surface area contributed by atoms with Gasteiger partial charge in [0, 0.05) is 25.0 Å². The maximum Gasteiger partial charge on any atom is 0.305 e. The largest absolute Gasteiger partial charge is 0.466 e. The highest BCUT2D eigenvalue weighted by molar-refractivity contribution is 9.09. The Kier molecular flexibility index (Phi) is 26.1. The number of carbonyl (C=O) groups excluding carboxylic acids is 1. The van der Waals surface area contributed by atoms with Gasteiger partial charge in [-0.25, -0.2) is 0 Å². The zero-order chi connectivity index (χ0) is 23.5. The summed E-state index contributed by atoms with van der Waals surface area (Å²) >= 11 is 3.44. The van der Waals surface area contributed by atoms with E-state index in [2.05, 4.69) is 54.1 Å². The highest BCUT2D eigenvalue weighted by Gasteiger charge is 2.11. The van der Waals surface area contributed by atoms with Crippen molar-refractivity contribution in [3.05, 3.63) is 24.3 Å². The molecule has 0 saturated carbocycles. The smallest absolute Gasteiger partial charge is 0.305 e. The molecule has 0 unspecified atom stereocenters. The van der Waals surface area contributed by atoms with Crippen LogP contribution >= 0.6 is 15.9 Å². The van der Waals surface area contributed by atoms with Gasteiger partial charge in [0.15, 0.2) is 6.29 Å². The Balaban J connectivity index is 4.03. The van der Waals surface area contributed by atoms with Gasteiger partial charge in [0.1, 0.15) is 0 Å². The lowest BCUT2D eigenvalue weighted by Crippen LogP contribution is -2.19. The van der Waals surface area contributed by atoms with Gasteiger partial charge in [-0.3, -0.25) is 4.79 Å². The van der Waals surface area contributed by atoms with E-state index in [9.17, 15) is 4.79 Å². The molecule has 0 bridgehead atoms. The second kappa shape index (κ2) is 26.6. The Hall–Kier alpha value is -0.650. The Morgan fingerprint density at radius 2 is 1.28 bits per heavy atom. The van der Waals surface area contributed by atoms with Gasteiger partial charge in [-0.1, -0.05) is 66.9 Å². The van der Waals surface area contributed by atoms with E-state index >= 15 is 0 Å². The van der Waals surface area contributed by atoms with Crippen LogP contribution in [0.4, 0.5) is 0 Å². The van der Waals surface area contributed by atoms with Gasteiger partial charge in [-0.2, -0.15) is 0 Å². The van der Waals surface area contributed by atoms with Crippen molar-refractivity contribution in [3.63, 3.8) is 0 Å². The topological polar surface area (TPSA) is 44.8 Å². The summed E-state index contributed by atoms with van der Waals surface area (Å²) in [6, 6.07) is 0. The normalized spacial score (nSPS) is 11.9. The molecule has 32 heavy (non-hydrogen) atoms. The molecule has 0 spiro atoms. The number of ether oxygens (including phenoxy) is 3. The molecule has 0 aromatic rings. The standard InChI is InChI=1S/C27H49BrO4/c1-3-5-7-9-12-17-24-31-27(32-25-18-13-10-8-6-4-2)21-19-20-26(29)30-23-16-14-11-15-22-28/h5-8,27H,3-4,9-25H2,1-2H3/b7-5-,8-6-. The summed E-state index contributed by atoms with van der Waals surface area (Å²) in [6.07, 6.45) is 23.8. The molecule has 4 nitrogen and oxygen atoms in total. The molecule has 0 amide bonds. The second-order valence-corrected chi connectivity index (χ2v) is 8.93. The average Bonchev–Trinajstić information content (AvgIpc) is 2.79. The predicted octanol–water partition coefficient (Wildman–Crippen LogP) is 8.29. The van der Waals surface area contributed by atoms with Crippen molar-refractivity contribution in [2.75, 3.05) is 25.2 Å². The number of halogens is 1. The lowest BCUT2D eigenvalue weighted by atomic mass is 10.2. The van der Waals surface area contributed by atoms with Crippen LogP contribution in [0.5, 0.6) is 0 Å². The Morgan fingerprint density at radius 3 is 1.84 bits per heavy atom. The molecule has 0 rings (SSSR count). The molecule has 5 heteroatoms. The van der Waals surface area contributed by atoms with E-state index in [0.717, 1.165) is 82.4 Å². The van der Waals surface area contributed by atoms with E-state index in [4.69, 9.17) is 14.2 Å². The van der Waals surface area contributed by atoms with Gasteiger partial charge in [0.2, 0.25) is 0 Å². The first kappa shape index (κ1) is 31.4. The molecule has 0 N–H and O–H groups in total. The van der Waals surface area contributed by atoms with E-state index in [-0.39, 0.29) is 12.3 Å². The van der Waals surface area contributed by atoms with Crippen molar-refractivity contribution in [1.29, 1.82) is 0 Å². The highest BCUT2D eigenvalue weighted by atomic mass is 79.9. The van der Waals surface area contributed by atoms with Crippen molar-refractivity contribution in [2.24, 2.45) is 0 Å². The molecule has 0 radical (unpaired) electrons. The number of allylic oxidation sites excluding steroid dienone is 4. The summed E-state index contributed by atoms with van der Waals surface area (Å²) < 4.78 is 17.3. The van der Waals surface area contributed by atoms with Crippen LogP contribution in [0.2, 0.25) is 0 Å². The fourth-order valence-corrected chi connectivity index (χ4v) is 3.56. The van der Waals surface area contributed by atoms with Crippen LogP contribution in [-0.2, 0) is 19.0 Å². The maximum atomic E-state index is 12.0. The van der Waals surface area contributed by atoms with Crippen LogP contribution in [0.15, 0.2) is 24.3 Å². The molecule has 0 fully saturated rings. The number of rotatable bonds is 24. The zero-order valence-corrected chi connectivity index (χ0v) is 22.4. The van der Waals surface area contributed by atoms with Crippen molar-refractivity contribution in [3.8, 4) is 0 Å². The lowest BCUT2D eigenvalue weighted by molar-refractivity contribution is -0.152. The van der Waals surface area contributed by atoms with Crippen LogP contribution in [-0.4, -0.2) is 37.4 Å². The molecule has 0 aliphatic heterocycles. The first-order valence-electron chi connectivity index (χ1n) is 13.0. The molecule has 0 atom stereocenters. The number of unbranched alkanes of at least 4 members (excludes halogenated alkanes) is 7. The Labute approximate surface area is 206 Å². The summed E-state index contributed by atoms with van der Waals surface area (Å²) in [5.74, 6) is -0.102. The minimum atomic E-state index is -0.218. The minimum absolute atomic E-state index is 0.102. The van der Waals surface area contributed by atoms with Crippen molar-refractivity contribution in [2.45, 2.75) is 116 Å². The van der Waals surface area contributed by atoms with Gasteiger partial charge in [-0.05, 0) is 77.0 Å². The van der Waals surface area contributed by atoms with Crippen LogP contribution in [0.25, 0.3) is 0 Å². The third-order valence-electron chi connectivity index (χ3n) is 5.05. The number of esters is 1. The van der Waals surface area contributed by atoms with E-state index in [0.29, 0.717) is 26.2 Å². The third-order valence-corrected chi connectivity index (χ3v) is 5.61. The third kappa shape index (κ3) is 24.0. The summed E-state index contributed by atoms with van der Waals surface area (Å²) in [7, 11) is 0. The number of hydrogen-bond acceptors (Lipinski definition) is 4. The number of carbonyl (C=O) groups is 1. The van der Waals surface area contributed by atoms with Crippen molar-refractivity contribution in [1.82, 2.24) is 0 Å². The first-order valence-corrected chi connectivity index (χ1v) is 14.1. The summed E-state index contributed by atoms with van der Waals surface area (Å²) in [4.78, 5) is 12.0. The fourth-order valence-electron chi connectivity index (χ4n) is 3.16. The molecule has 0 aromatic carbocycles. The van der Waals surface area contributed by atoms with Crippen LogP contribution in [0.3, 0.4) is 0 Å². The predicted molar refractivity (Wildman–Crippen MR) is 139 cm³/mol. The molecule has 0 aliphatic rings. The monoisotopic (exact) mass is 516 g/mol. The Bertz CT molecular complexity index is 427. The van der Waals surface area contributed by atoms with Gasteiger partial charge in [0.05, 0.1) is 6.61 Å². The van der Waals surface area contributed by atoms with Crippen molar-refractivity contribution < 1.29 is 19.0 Å². The van der Waals surface area contributed by atoms with Crippen LogP contribution in [0, 0.1) is 0 Å². The summed E-state index contributed by atoms with van der Waals surface area (Å²) in [5.41, 5.74) is 0. The maximum absolute atomic E-state index is 12.0. The van der Waals surface area contributed by atoms with E-state index in [1.54, 1.807) is 0 Å². The molecule has 0 heterocycles. The van der Waals surface area contributed by atoms with Gasteiger partial charge in [0.25, 0.3) is 0 Å². The minimum Gasteiger partial charge on any atom is -0.466 e. The van der Waals surface area contributed by atoms with Gasteiger partial charge < -0.3 is 14.2 Å². The molecular formula is C27H49BrO4. The molecule has 188 valence electrons. The Morgan fingerprint density at radius 1 is 0.719 bits per heavy atom. The molecular weight excluding hydrogens is 468 g/mol. The lowest BCUT2D eigenvalue weighted by Gasteiger charge is -2.18. The summed E-state index contributed by atoms with van der Waals surface area (Å²) in [6.45, 7) is 6.27. The molecule has 0 aromatic heterocycles. The molecule has 0 aliphatic carbocycles. The SMILES string of the molecule is CC/C=C\CCCCOC(CCCC(=O)OCCCCCCBr)OCCCC/C=C\CC. The van der Waals surface area contributed by atoms with Gasteiger partial charge in [-0.15, -0.1) is 0 Å². The number of alkyl halides is 1. The number of hydrogen-bond donors (Lipinski definition) is 0.